The number of ether oxygens (including phenoxy) is 2. The molecule has 6 nitrogen and oxygen atoms in total. The number of likely N-dealkylation sites (tertiary alicyclic amines) is 1. The van der Waals surface area contributed by atoms with Crippen molar-refractivity contribution in [3.05, 3.63) is 95.1 Å². The van der Waals surface area contributed by atoms with Crippen molar-refractivity contribution in [1.29, 1.82) is 0 Å². The first kappa shape index (κ1) is 30.5. The molecule has 0 radical (unpaired) electrons. The van der Waals surface area contributed by atoms with Gasteiger partial charge in [-0.3, -0.25) is 4.90 Å². The molecule has 0 amide bonds. The topological polar surface area (TPSA) is 76.1 Å². The summed E-state index contributed by atoms with van der Waals surface area (Å²) < 4.78 is 137. The molecule has 1 N–H and O–H groups in total. The third kappa shape index (κ3) is 7.45. The van der Waals surface area contributed by atoms with Crippen molar-refractivity contribution in [2.75, 3.05) is 19.3 Å². The molecule has 0 aromatic heterocycles. The molecule has 1 unspecified atom stereocenters. The largest absolute Gasteiger partial charge is 0.573 e. The zero-order valence-corrected chi connectivity index (χ0v) is 21.7. The molecule has 0 spiro atoms. The highest BCUT2D eigenvalue weighted by molar-refractivity contribution is 7.91. The molecule has 15 heteroatoms. The predicted octanol–water partition coefficient (Wildman–Crippen LogP) is 5.68. The van der Waals surface area contributed by atoms with E-state index in [9.17, 15) is 48.6 Å². The van der Waals surface area contributed by atoms with Crippen molar-refractivity contribution in [2.24, 2.45) is 0 Å². The van der Waals surface area contributed by atoms with Gasteiger partial charge in [0.05, 0.1) is 6.04 Å². The molecule has 1 saturated heterocycles. The maximum atomic E-state index is 13.9. The minimum atomic E-state index is -4.96. The average molecular weight is 612 g/mol. The number of hydrogen-bond donors (Lipinski definition) is 1. The molecular weight excluding hydrogens is 590 g/mol. The van der Waals surface area contributed by atoms with E-state index in [-0.39, 0.29) is 5.56 Å². The van der Waals surface area contributed by atoms with Crippen LogP contribution in [-0.4, -0.2) is 56.1 Å². The van der Waals surface area contributed by atoms with E-state index < -0.39 is 75.7 Å². The van der Waals surface area contributed by atoms with E-state index in [0.717, 1.165) is 42.7 Å². The Labute approximate surface area is 228 Å². The van der Waals surface area contributed by atoms with E-state index in [2.05, 4.69) is 9.47 Å². The summed E-state index contributed by atoms with van der Waals surface area (Å²) in [4.78, 5) is 1.51. The first-order valence-corrected chi connectivity index (χ1v) is 13.6. The molecule has 3 aromatic rings. The highest BCUT2D eigenvalue weighted by atomic mass is 32.2. The van der Waals surface area contributed by atoms with Crippen molar-refractivity contribution in [1.82, 2.24) is 4.90 Å². The number of rotatable bonds is 8. The molecule has 3 aromatic carbocycles. The van der Waals surface area contributed by atoms with E-state index in [1.54, 1.807) is 0 Å². The van der Waals surface area contributed by atoms with Gasteiger partial charge in [-0.05, 0) is 53.1 Å². The Morgan fingerprint density at radius 2 is 1.15 bits per heavy atom. The molecule has 0 bridgehead atoms. The van der Waals surface area contributed by atoms with Gasteiger partial charge in [0.1, 0.15) is 34.0 Å². The summed E-state index contributed by atoms with van der Waals surface area (Å²) in [5, 5.41) is 9.59. The molecular formula is C26H21F8NO5S. The van der Waals surface area contributed by atoms with Crippen molar-refractivity contribution in [3.63, 3.8) is 0 Å². The number of nitrogens with zero attached hydrogens (tertiary/aromatic N) is 1. The van der Waals surface area contributed by atoms with Crippen molar-refractivity contribution in [3.8, 4) is 11.5 Å². The smallest absolute Gasteiger partial charge is 0.406 e. The van der Waals surface area contributed by atoms with Crippen LogP contribution in [0.1, 0.15) is 28.0 Å². The first-order chi connectivity index (χ1) is 18.8. The van der Waals surface area contributed by atoms with Gasteiger partial charge in [0.25, 0.3) is 0 Å². The number of alkyl halides is 6. The number of β-amino-alcohol motifs (C(OH)–C–C–N with tert-alkyl or cyclic N) is 1. The Bertz CT molecular complexity index is 1410. The van der Waals surface area contributed by atoms with Gasteiger partial charge in [-0.25, -0.2) is 17.2 Å². The third-order valence-corrected chi connectivity index (χ3v) is 7.85. The van der Waals surface area contributed by atoms with Crippen LogP contribution in [0.15, 0.2) is 66.7 Å². The average Bonchev–Trinajstić information content (AvgIpc) is 2.77. The van der Waals surface area contributed by atoms with Gasteiger partial charge in [0.15, 0.2) is 9.84 Å². The summed E-state index contributed by atoms with van der Waals surface area (Å²) in [6.07, 6.45) is -9.13. The van der Waals surface area contributed by atoms with Gasteiger partial charge in [-0.1, -0.05) is 24.3 Å². The summed E-state index contributed by atoms with van der Waals surface area (Å²) in [5.74, 6) is -3.21. The van der Waals surface area contributed by atoms with Crippen molar-refractivity contribution < 1.29 is 58.1 Å². The van der Waals surface area contributed by atoms with Crippen molar-refractivity contribution in [2.45, 2.75) is 29.6 Å². The van der Waals surface area contributed by atoms with Crippen LogP contribution in [0, 0.1) is 11.6 Å². The zero-order chi connectivity index (χ0) is 30.4. The molecule has 1 aliphatic rings. The predicted molar refractivity (Wildman–Crippen MR) is 129 cm³/mol. The fourth-order valence-electron chi connectivity index (χ4n) is 5.01. The summed E-state index contributed by atoms with van der Waals surface area (Å²) in [6, 6.07) is 10.3. The van der Waals surface area contributed by atoms with E-state index in [0.29, 0.717) is 17.2 Å². The van der Waals surface area contributed by atoms with Gasteiger partial charge < -0.3 is 14.6 Å². The lowest BCUT2D eigenvalue weighted by atomic mass is 9.82. The monoisotopic (exact) mass is 611 g/mol. The summed E-state index contributed by atoms with van der Waals surface area (Å²) in [7, 11) is -4.15. The number of sulfone groups is 1. The Kier molecular flexibility index (Phi) is 8.01. The second-order valence-corrected chi connectivity index (χ2v) is 11.7. The first-order valence-electron chi connectivity index (χ1n) is 11.7. The van der Waals surface area contributed by atoms with Crippen LogP contribution in [0.25, 0.3) is 0 Å². The quantitative estimate of drug-likeness (QED) is 0.331. The zero-order valence-electron chi connectivity index (χ0n) is 20.9. The highest BCUT2D eigenvalue weighted by Gasteiger charge is 2.54. The number of benzene rings is 3. The van der Waals surface area contributed by atoms with E-state index in [4.69, 9.17) is 0 Å². The molecule has 0 aliphatic carbocycles. The van der Waals surface area contributed by atoms with Crippen LogP contribution < -0.4 is 9.47 Å². The standard InChI is InChI=1S/C26H21F8NO5S/c1-41(37,38)23(17-10-18(27)12-19(28)11-17)24(36)13-35(14-24)22(15-2-6-20(7-3-15)39-25(29,30)31)16-4-8-21(9-5-16)40-26(32,33)34/h2-12,22-23,36H,13-14H2,1H3. The molecule has 4 rings (SSSR count). The van der Waals surface area contributed by atoms with Crippen molar-refractivity contribution >= 4 is 9.84 Å². The van der Waals surface area contributed by atoms with Crippen LogP contribution in [0.3, 0.4) is 0 Å². The number of hydrogen-bond acceptors (Lipinski definition) is 6. The van der Waals surface area contributed by atoms with Crippen LogP contribution in [-0.2, 0) is 9.84 Å². The fraction of sp³-hybridized carbons (Fsp3) is 0.308. The molecule has 1 fully saturated rings. The van der Waals surface area contributed by atoms with Crippen LogP contribution in [0.2, 0.25) is 0 Å². The molecule has 0 saturated carbocycles. The minimum absolute atomic E-state index is 0.318. The van der Waals surface area contributed by atoms with E-state index in [1.807, 2.05) is 0 Å². The normalized spacial score (nSPS) is 16.8. The second kappa shape index (κ2) is 10.8. The van der Waals surface area contributed by atoms with Gasteiger partial charge in [0, 0.05) is 25.4 Å². The number of halogens is 8. The minimum Gasteiger partial charge on any atom is -0.406 e. The maximum Gasteiger partial charge on any atom is 0.573 e. The molecule has 1 aliphatic heterocycles. The van der Waals surface area contributed by atoms with Crippen LogP contribution in [0.4, 0.5) is 35.1 Å². The van der Waals surface area contributed by atoms with Crippen LogP contribution >= 0.6 is 0 Å². The summed E-state index contributed by atoms with van der Waals surface area (Å²) in [6.45, 7) is -0.787. The van der Waals surface area contributed by atoms with Crippen LogP contribution in [0.5, 0.6) is 11.5 Å². The molecule has 41 heavy (non-hydrogen) atoms. The molecule has 1 heterocycles. The Morgan fingerprint density at radius 3 is 1.49 bits per heavy atom. The van der Waals surface area contributed by atoms with E-state index >= 15 is 0 Å². The third-order valence-electron chi connectivity index (χ3n) is 6.28. The molecule has 222 valence electrons. The highest BCUT2D eigenvalue weighted by Crippen LogP contribution is 2.45. The lowest BCUT2D eigenvalue weighted by molar-refractivity contribution is -0.275. The number of aliphatic hydroxyl groups is 1. The van der Waals surface area contributed by atoms with Gasteiger partial charge in [0.2, 0.25) is 0 Å². The SMILES string of the molecule is CS(=O)(=O)C(c1cc(F)cc(F)c1)C1(O)CN(C(c2ccc(OC(F)(F)F)cc2)c2ccc(OC(F)(F)F)cc2)C1. The summed E-state index contributed by atoms with van der Waals surface area (Å²) >= 11 is 0. The van der Waals surface area contributed by atoms with Gasteiger partial charge in [-0.15, -0.1) is 26.3 Å². The Balaban J connectivity index is 1.69. The Hall–Kier alpha value is -3.43. The molecule has 1 atom stereocenters. The maximum absolute atomic E-state index is 13.9. The lowest BCUT2D eigenvalue weighted by Crippen LogP contribution is -2.66. The fourth-order valence-corrected chi connectivity index (χ4v) is 6.58. The van der Waals surface area contributed by atoms with E-state index in [1.165, 1.54) is 29.2 Å². The summed E-state index contributed by atoms with van der Waals surface area (Å²) in [5.41, 5.74) is -1.74. The second-order valence-electron chi connectivity index (χ2n) is 9.56. The van der Waals surface area contributed by atoms with Gasteiger partial charge in [-0.2, -0.15) is 0 Å². The van der Waals surface area contributed by atoms with Gasteiger partial charge >= 0.3 is 12.7 Å². The Morgan fingerprint density at radius 1 is 0.756 bits per heavy atom. The lowest BCUT2D eigenvalue weighted by Gasteiger charge is -2.53.